The van der Waals surface area contributed by atoms with Gasteiger partial charge in [0.15, 0.2) is 0 Å². The Hall–Kier alpha value is -2.11. The fraction of sp³-hybridized carbons (Fsp3) is 0.462. The Morgan fingerprint density at radius 3 is 2.72 bits per heavy atom. The largest absolute Gasteiger partial charge is 0.383 e. The molecule has 0 aliphatic heterocycles. The van der Waals surface area contributed by atoms with Crippen LogP contribution < -0.4 is 4.90 Å². The predicted octanol–water partition coefficient (Wildman–Crippen LogP) is 1.63. The van der Waals surface area contributed by atoms with Crippen molar-refractivity contribution in [3.8, 4) is 12.1 Å². The van der Waals surface area contributed by atoms with Crippen LogP contribution in [0.2, 0.25) is 0 Å². The minimum absolute atomic E-state index is 0.393. The molecule has 0 N–H and O–H groups in total. The lowest BCUT2D eigenvalue weighted by Gasteiger charge is -2.23. The smallest absolute Gasteiger partial charge is 0.146 e. The van der Waals surface area contributed by atoms with Crippen LogP contribution in [-0.4, -0.2) is 31.8 Å². The highest BCUT2D eigenvalue weighted by Gasteiger charge is 2.12. The van der Waals surface area contributed by atoms with Crippen molar-refractivity contribution in [3.05, 3.63) is 23.4 Å². The molecule has 1 aromatic rings. The SMILES string of the molecule is COCCN(CCC#N)c1nc(C)ccc1C#N. The third-order valence-electron chi connectivity index (χ3n) is 2.49. The van der Waals surface area contributed by atoms with E-state index in [4.69, 9.17) is 15.3 Å². The molecule has 1 aromatic heterocycles. The lowest BCUT2D eigenvalue weighted by atomic mass is 10.2. The maximum atomic E-state index is 9.10. The maximum Gasteiger partial charge on any atom is 0.146 e. The van der Waals surface area contributed by atoms with E-state index in [0.717, 1.165) is 5.69 Å². The Morgan fingerprint density at radius 2 is 2.11 bits per heavy atom. The van der Waals surface area contributed by atoms with Gasteiger partial charge in [0.05, 0.1) is 24.7 Å². The molecule has 0 spiro atoms. The molecule has 0 unspecified atom stereocenters. The third-order valence-corrected chi connectivity index (χ3v) is 2.49. The van der Waals surface area contributed by atoms with Gasteiger partial charge in [0, 0.05) is 25.9 Å². The number of nitrogens with zero attached hydrogens (tertiary/aromatic N) is 4. The van der Waals surface area contributed by atoms with Crippen LogP contribution in [0.3, 0.4) is 0 Å². The lowest BCUT2D eigenvalue weighted by molar-refractivity contribution is 0.205. The number of methoxy groups -OCH3 is 1. The molecular weight excluding hydrogens is 228 g/mol. The van der Waals surface area contributed by atoms with Gasteiger partial charge in [-0.25, -0.2) is 4.98 Å². The summed E-state index contributed by atoms with van der Waals surface area (Å²) in [4.78, 5) is 6.30. The summed E-state index contributed by atoms with van der Waals surface area (Å²) >= 11 is 0. The highest BCUT2D eigenvalue weighted by atomic mass is 16.5. The quantitative estimate of drug-likeness (QED) is 0.760. The molecular formula is C13H16N4O. The van der Waals surface area contributed by atoms with Crippen LogP contribution in [0.1, 0.15) is 17.7 Å². The van der Waals surface area contributed by atoms with Gasteiger partial charge in [0.25, 0.3) is 0 Å². The van der Waals surface area contributed by atoms with Crippen molar-refractivity contribution in [1.82, 2.24) is 4.98 Å². The van der Waals surface area contributed by atoms with Crippen LogP contribution in [0.5, 0.6) is 0 Å². The van der Waals surface area contributed by atoms with E-state index >= 15 is 0 Å². The number of aryl methyl sites for hydroxylation is 1. The van der Waals surface area contributed by atoms with Gasteiger partial charge in [-0.05, 0) is 19.1 Å². The molecule has 0 aliphatic rings. The molecule has 0 aromatic carbocycles. The van der Waals surface area contributed by atoms with Crippen molar-refractivity contribution >= 4 is 5.82 Å². The lowest BCUT2D eigenvalue weighted by Crippen LogP contribution is -2.30. The normalized spacial score (nSPS) is 9.56. The number of nitriles is 2. The van der Waals surface area contributed by atoms with Crippen LogP contribution >= 0.6 is 0 Å². The summed E-state index contributed by atoms with van der Waals surface area (Å²) in [7, 11) is 1.62. The first-order valence-electron chi connectivity index (χ1n) is 5.71. The molecule has 0 aliphatic carbocycles. The molecule has 5 nitrogen and oxygen atoms in total. The molecule has 0 fully saturated rings. The summed E-state index contributed by atoms with van der Waals surface area (Å²) in [5, 5.41) is 17.8. The fourth-order valence-electron chi connectivity index (χ4n) is 1.58. The van der Waals surface area contributed by atoms with E-state index in [9.17, 15) is 0 Å². The topological polar surface area (TPSA) is 72.9 Å². The summed E-state index contributed by atoms with van der Waals surface area (Å²) in [5.41, 5.74) is 1.37. The number of rotatable bonds is 6. The van der Waals surface area contributed by atoms with E-state index in [1.165, 1.54) is 0 Å². The first-order valence-corrected chi connectivity index (χ1v) is 5.71. The van der Waals surface area contributed by atoms with Gasteiger partial charge in [0.2, 0.25) is 0 Å². The number of aromatic nitrogens is 1. The molecule has 1 rings (SSSR count). The van der Waals surface area contributed by atoms with Crippen molar-refractivity contribution in [3.63, 3.8) is 0 Å². The second-order valence-electron chi connectivity index (χ2n) is 3.82. The zero-order valence-corrected chi connectivity index (χ0v) is 10.7. The Kier molecular flexibility index (Phi) is 5.63. The van der Waals surface area contributed by atoms with E-state index in [2.05, 4.69) is 17.1 Å². The summed E-state index contributed by atoms with van der Waals surface area (Å²) in [6.45, 7) is 3.57. The monoisotopic (exact) mass is 244 g/mol. The number of hydrogen-bond donors (Lipinski definition) is 0. The van der Waals surface area contributed by atoms with Crippen LogP contribution in [0.25, 0.3) is 0 Å². The molecule has 5 heteroatoms. The van der Waals surface area contributed by atoms with Crippen molar-refractivity contribution in [2.45, 2.75) is 13.3 Å². The molecule has 94 valence electrons. The zero-order valence-electron chi connectivity index (χ0n) is 10.7. The highest BCUT2D eigenvalue weighted by molar-refractivity contribution is 5.54. The van der Waals surface area contributed by atoms with Gasteiger partial charge in [-0.2, -0.15) is 10.5 Å². The third kappa shape index (κ3) is 3.73. The zero-order chi connectivity index (χ0) is 13.4. The molecule has 0 atom stereocenters. The molecule has 0 radical (unpaired) electrons. The Labute approximate surface area is 107 Å². The van der Waals surface area contributed by atoms with E-state index in [-0.39, 0.29) is 0 Å². The van der Waals surface area contributed by atoms with Gasteiger partial charge in [-0.1, -0.05) is 0 Å². The number of pyridine rings is 1. The molecule has 0 bridgehead atoms. The minimum Gasteiger partial charge on any atom is -0.383 e. The predicted molar refractivity (Wildman–Crippen MR) is 68.0 cm³/mol. The molecule has 0 saturated heterocycles. The second-order valence-corrected chi connectivity index (χ2v) is 3.82. The summed E-state index contributed by atoms with van der Waals surface area (Å²) in [6, 6.07) is 7.79. The average molecular weight is 244 g/mol. The minimum atomic E-state index is 0.393. The van der Waals surface area contributed by atoms with Gasteiger partial charge in [-0.15, -0.1) is 0 Å². The summed E-state index contributed by atoms with van der Waals surface area (Å²) in [6.07, 6.45) is 0.393. The van der Waals surface area contributed by atoms with Crippen molar-refractivity contribution in [1.29, 1.82) is 10.5 Å². The fourth-order valence-corrected chi connectivity index (χ4v) is 1.58. The van der Waals surface area contributed by atoms with Crippen LogP contribution in [0.4, 0.5) is 5.82 Å². The molecule has 0 amide bonds. The first kappa shape index (κ1) is 14.0. The Bertz CT molecular complexity index is 473. The van der Waals surface area contributed by atoms with Crippen molar-refractivity contribution < 1.29 is 4.74 Å². The summed E-state index contributed by atoms with van der Waals surface area (Å²) < 4.78 is 5.04. The van der Waals surface area contributed by atoms with Crippen LogP contribution in [-0.2, 0) is 4.74 Å². The number of anilines is 1. The van der Waals surface area contributed by atoms with Gasteiger partial charge < -0.3 is 9.64 Å². The van der Waals surface area contributed by atoms with E-state index in [0.29, 0.717) is 37.5 Å². The van der Waals surface area contributed by atoms with Crippen LogP contribution in [0.15, 0.2) is 12.1 Å². The van der Waals surface area contributed by atoms with Crippen LogP contribution in [0, 0.1) is 29.6 Å². The van der Waals surface area contributed by atoms with Gasteiger partial charge in [-0.3, -0.25) is 0 Å². The van der Waals surface area contributed by atoms with E-state index < -0.39 is 0 Å². The maximum absolute atomic E-state index is 9.10. The van der Waals surface area contributed by atoms with E-state index in [1.54, 1.807) is 19.2 Å². The van der Waals surface area contributed by atoms with Gasteiger partial charge in [0.1, 0.15) is 11.9 Å². The number of ether oxygens (including phenoxy) is 1. The van der Waals surface area contributed by atoms with E-state index in [1.807, 2.05) is 11.8 Å². The first-order chi connectivity index (χ1) is 8.72. The standard InChI is InChI=1S/C13H16N4O/c1-11-4-5-12(10-15)13(16-11)17(7-3-6-14)8-9-18-2/h4-5H,3,7-9H2,1-2H3. The average Bonchev–Trinajstić information content (AvgIpc) is 2.39. The molecule has 0 saturated carbocycles. The van der Waals surface area contributed by atoms with Gasteiger partial charge >= 0.3 is 0 Å². The number of hydrogen-bond acceptors (Lipinski definition) is 5. The van der Waals surface area contributed by atoms with Crippen molar-refractivity contribution in [2.24, 2.45) is 0 Å². The highest BCUT2D eigenvalue weighted by Crippen LogP contribution is 2.17. The summed E-state index contributed by atoms with van der Waals surface area (Å²) in [5.74, 6) is 0.629. The second kappa shape index (κ2) is 7.26. The Balaban J connectivity index is 2.99. The molecule has 1 heterocycles. The van der Waals surface area contributed by atoms with Crippen molar-refractivity contribution in [2.75, 3.05) is 31.7 Å². The Morgan fingerprint density at radius 1 is 1.33 bits per heavy atom. The molecule has 18 heavy (non-hydrogen) atoms.